The maximum absolute atomic E-state index is 11.7. The van der Waals surface area contributed by atoms with E-state index in [9.17, 15) is 4.79 Å². The molecule has 0 unspecified atom stereocenters. The molecular weight excluding hydrogens is 240 g/mol. The van der Waals surface area contributed by atoms with Gasteiger partial charge in [0.2, 0.25) is 5.91 Å². The second-order valence-electron chi connectivity index (χ2n) is 4.25. The number of aliphatic hydroxyl groups excluding tert-OH is 1. The summed E-state index contributed by atoms with van der Waals surface area (Å²) in [6, 6.07) is 11.7. The van der Waals surface area contributed by atoms with Crippen LogP contribution < -0.4 is 0 Å². The molecule has 0 atom stereocenters. The van der Waals surface area contributed by atoms with Crippen LogP contribution in [0.4, 0.5) is 0 Å². The molecule has 0 aliphatic carbocycles. The van der Waals surface area contributed by atoms with E-state index in [0.29, 0.717) is 6.54 Å². The lowest BCUT2D eigenvalue weighted by molar-refractivity contribution is -0.125. The van der Waals surface area contributed by atoms with Crippen LogP contribution in [0.2, 0.25) is 0 Å². The molecule has 0 spiro atoms. The molecular formula is C15H16N2O2. The number of likely N-dealkylation sites (N-methyl/N-ethyl adjacent to an activating group) is 1. The van der Waals surface area contributed by atoms with Gasteiger partial charge in [-0.15, -0.1) is 0 Å². The highest BCUT2D eigenvalue weighted by Gasteiger charge is 2.03. The lowest BCUT2D eigenvalue weighted by Crippen LogP contribution is -2.27. The van der Waals surface area contributed by atoms with Crippen molar-refractivity contribution in [3.63, 3.8) is 0 Å². The van der Waals surface area contributed by atoms with Gasteiger partial charge in [-0.05, 0) is 18.2 Å². The van der Waals surface area contributed by atoms with Crippen LogP contribution in [0.5, 0.6) is 0 Å². The Morgan fingerprint density at radius 3 is 2.89 bits per heavy atom. The average Bonchev–Trinajstić information content (AvgIpc) is 2.44. The number of nitrogens with zero attached hydrogens (tertiary/aromatic N) is 2. The number of para-hydroxylation sites is 1. The van der Waals surface area contributed by atoms with Crippen LogP contribution in [0.3, 0.4) is 0 Å². The zero-order valence-electron chi connectivity index (χ0n) is 10.8. The standard InChI is InChI=1S/C15H16N2O2/c1-17(10-11-18)15(19)9-8-13-7-6-12-4-2-3-5-14(12)16-13/h2-9,18H,10-11H2,1H3/b9-8+. The lowest BCUT2D eigenvalue weighted by atomic mass is 10.2. The Morgan fingerprint density at radius 2 is 2.11 bits per heavy atom. The molecule has 1 N–H and O–H groups in total. The van der Waals surface area contributed by atoms with Crippen LogP contribution in [0.25, 0.3) is 17.0 Å². The van der Waals surface area contributed by atoms with E-state index in [0.717, 1.165) is 16.6 Å². The van der Waals surface area contributed by atoms with Crippen molar-refractivity contribution in [2.45, 2.75) is 0 Å². The van der Waals surface area contributed by atoms with Gasteiger partial charge in [-0.1, -0.05) is 24.3 Å². The zero-order chi connectivity index (χ0) is 13.7. The predicted molar refractivity (Wildman–Crippen MR) is 75.5 cm³/mol. The Kier molecular flexibility index (Phi) is 4.26. The van der Waals surface area contributed by atoms with Gasteiger partial charge in [0.1, 0.15) is 0 Å². The molecule has 0 aliphatic heterocycles. The summed E-state index contributed by atoms with van der Waals surface area (Å²) in [5.41, 5.74) is 1.64. The molecule has 4 nitrogen and oxygen atoms in total. The lowest BCUT2D eigenvalue weighted by Gasteiger charge is -2.12. The number of benzene rings is 1. The minimum Gasteiger partial charge on any atom is -0.395 e. The van der Waals surface area contributed by atoms with Crippen molar-refractivity contribution in [2.75, 3.05) is 20.2 Å². The SMILES string of the molecule is CN(CCO)C(=O)/C=C/c1ccc2ccccc2n1. The van der Waals surface area contributed by atoms with Crippen molar-refractivity contribution >= 4 is 22.9 Å². The van der Waals surface area contributed by atoms with Crippen LogP contribution in [0.15, 0.2) is 42.5 Å². The van der Waals surface area contributed by atoms with E-state index in [4.69, 9.17) is 5.11 Å². The third-order valence-electron chi connectivity index (χ3n) is 2.83. The number of fused-ring (bicyclic) bond motifs is 1. The molecule has 1 aromatic heterocycles. The van der Waals surface area contributed by atoms with Crippen LogP contribution in [0.1, 0.15) is 5.69 Å². The number of aromatic nitrogens is 1. The molecule has 4 heteroatoms. The highest BCUT2D eigenvalue weighted by molar-refractivity contribution is 5.91. The molecule has 0 saturated heterocycles. The van der Waals surface area contributed by atoms with Gasteiger partial charge in [0.05, 0.1) is 17.8 Å². The number of pyridine rings is 1. The highest BCUT2D eigenvalue weighted by Crippen LogP contribution is 2.12. The summed E-state index contributed by atoms with van der Waals surface area (Å²) in [7, 11) is 1.65. The Hall–Kier alpha value is -2.20. The topological polar surface area (TPSA) is 53.4 Å². The molecule has 0 aliphatic rings. The fraction of sp³-hybridized carbons (Fsp3) is 0.200. The first-order valence-electron chi connectivity index (χ1n) is 6.10. The maximum atomic E-state index is 11.7. The van der Waals surface area contributed by atoms with Crippen LogP contribution in [-0.2, 0) is 4.79 Å². The summed E-state index contributed by atoms with van der Waals surface area (Å²) in [5, 5.41) is 9.83. The number of aliphatic hydroxyl groups is 1. The van der Waals surface area contributed by atoms with E-state index in [2.05, 4.69) is 4.98 Å². The van der Waals surface area contributed by atoms with Gasteiger partial charge in [0, 0.05) is 25.1 Å². The largest absolute Gasteiger partial charge is 0.395 e. The molecule has 0 bridgehead atoms. The van der Waals surface area contributed by atoms with Gasteiger partial charge in [0.15, 0.2) is 0 Å². The highest BCUT2D eigenvalue weighted by atomic mass is 16.3. The van der Waals surface area contributed by atoms with E-state index in [-0.39, 0.29) is 12.5 Å². The second-order valence-corrected chi connectivity index (χ2v) is 4.25. The molecule has 1 heterocycles. The van der Waals surface area contributed by atoms with Crippen molar-refractivity contribution < 1.29 is 9.90 Å². The Bertz CT molecular complexity index is 608. The second kappa shape index (κ2) is 6.11. The molecule has 0 fully saturated rings. The number of amides is 1. The summed E-state index contributed by atoms with van der Waals surface area (Å²) in [6.07, 6.45) is 3.15. The van der Waals surface area contributed by atoms with Gasteiger partial charge in [-0.25, -0.2) is 4.98 Å². The van der Waals surface area contributed by atoms with Crippen molar-refractivity contribution in [3.05, 3.63) is 48.2 Å². The number of carbonyl (C=O) groups is 1. The summed E-state index contributed by atoms with van der Waals surface area (Å²) in [6.45, 7) is 0.290. The fourth-order valence-corrected chi connectivity index (χ4v) is 1.72. The average molecular weight is 256 g/mol. The summed E-state index contributed by atoms with van der Waals surface area (Å²) in [4.78, 5) is 17.6. The number of rotatable bonds is 4. The summed E-state index contributed by atoms with van der Waals surface area (Å²) < 4.78 is 0. The van der Waals surface area contributed by atoms with Crippen LogP contribution >= 0.6 is 0 Å². The smallest absolute Gasteiger partial charge is 0.246 e. The maximum Gasteiger partial charge on any atom is 0.246 e. The first kappa shape index (κ1) is 13.2. The van der Waals surface area contributed by atoms with Gasteiger partial charge in [-0.3, -0.25) is 4.79 Å². The third-order valence-corrected chi connectivity index (χ3v) is 2.83. The van der Waals surface area contributed by atoms with Crippen LogP contribution in [-0.4, -0.2) is 41.1 Å². The Labute approximate surface area is 112 Å². The molecule has 1 amide bonds. The first-order valence-corrected chi connectivity index (χ1v) is 6.10. The van der Waals surface area contributed by atoms with E-state index >= 15 is 0 Å². The molecule has 1 aromatic carbocycles. The molecule has 2 aromatic rings. The fourth-order valence-electron chi connectivity index (χ4n) is 1.72. The summed E-state index contributed by atoms with van der Waals surface area (Å²) >= 11 is 0. The predicted octanol–water partition coefficient (Wildman–Crippen LogP) is 1.70. The van der Waals surface area contributed by atoms with Gasteiger partial charge >= 0.3 is 0 Å². The van der Waals surface area contributed by atoms with E-state index < -0.39 is 0 Å². The van der Waals surface area contributed by atoms with E-state index in [1.165, 1.54) is 11.0 Å². The van der Waals surface area contributed by atoms with Crippen molar-refractivity contribution in [1.29, 1.82) is 0 Å². The Balaban J connectivity index is 2.14. The number of hydrogen-bond acceptors (Lipinski definition) is 3. The third kappa shape index (κ3) is 3.39. The number of carbonyl (C=O) groups excluding carboxylic acids is 1. The Morgan fingerprint density at radius 1 is 1.32 bits per heavy atom. The first-order chi connectivity index (χ1) is 9.20. The van der Waals surface area contributed by atoms with Gasteiger partial charge in [0.25, 0.3) is 0 Å². The molecule has 19 heavy (non-hydrogen) atoms. The molecule has 0 radical (unpaired) electrons. The van der Waals surface area contributed by atoms with Crippen molar-refractivity contribution in [3.8, 4) is 0 Å². The molecule has 98 valence electrons. The number of hydrogen-bond donors (Lipinski definition) is 1. The van der Waals surface area contributed by atoms with Crippen molar-refractivity contribution in [1.82, 2.24) is 9.88 Å². The zero-order valence-corrected chi connectivity index (χ0v) is 10.8. The summed E-state index contributed by atoms with van der Waals surface area (Å²) in [5.74, 6) is -0.149. The quantitative estimate of drug-likeness (QED) is 0.847. The van der Waals surface area contributed by atoms with E-state index in [1.807, 2.05) is 36.4 Å². The van der Waals surface area contributed by atoms with Gasteiger partial charge < -0.3 is 10.0 Å². The normalized spacial score (nSPS) is 11.1. The minimum atomic E-state index is -0.149. The molecule has 0 saturated carbocycles. The minimum absolute atomic E-state index is 0.0374. The monoisotopic (exact) mass is 256 g/mol. The molecule has 2 rings (SSSR count). The van der Waals surface area contributed by atoms with Gasteiger partial charge in [-0.2, -0.15) is 0 Å². The van der Waals surface area contributed by atoms with Crippen LogP contribution in [0, 0.1) is 0 Å². The van der Waals surface area contributed by atoms with Crippen molar-refractivity contribution in [2.24, 2.45) is 0 Å². The van der Waals surface area contributed by atoms with E-state index in [1.54, 1.807) is 13.1 Å².